The number of nitrogens with zero attached hydrogens (tertiary/aromatic N) is 2. The summed E-state index contributed by atoms with van der Waals surface area (Å²) in [4.78, 5) is 20.5. The zero-order chi connectivity index (χ0) is 22.1. The SMILES string of the molecule is Cc1noc(C)c1COc1cccc(C(=O)Nc2ccc3nc(-c4ccco4)[nH]c3c2)c1. The van der Waals surface area contributed by atoms with Crippen LogP contribution in [0.2, 0.25) is 0 Å². The first-order valence-corrected chi connectivity index (χ1v) is 10.1. The Morgan fingerprint density at radius 3 is 2.81 bits per heavy atom. The van der Waals surface area contributed by atoms with E-state index in [1.165, 1.54) is 0 Å². The van der Waals surface area contributed by atoms with Gasteiger partial charge in [0.15, 0.2) is 11.6 Å². The summed E-state index contributed by atoms with van der Waals surface area (Å²) in [6.07, 6.45) is 1.60. The zero-order valence-electron chi connectivity index (χ0n) is 17.5. The lowest BCUT2D eigenvalue weighted by molar-refractivity contribution is 0.102. The molecule has 0 fully saturated rings. The monoisotopic (exact) mass is 428 g/mol. The van der Waals surface area contributed by atoms with Crippen molar-refractivity contribution in [2.45, 2.75) is 20.5 Å². The predicted molar refractivity (Wildman–Crippen MR) is 118 cm³/mol. The van der Waals surface area contributed by atoms with E-state index in [4.69, 9.17) is 13.7 Å². The molecule has 8 heteroatoms. The summed E-state index contributed by atoms with van der Waals surface area (Å²) in [6, 6.07) is 16.2. The first kappa shape index (κ1) is 19.6. The first-order valence-electron chi connectivity index (χ1n) is 10.1. The molecule has 0 unspecified atom stereocenters. The molecular weight excluding hydrogens is 408 g/mol. The molecule has 0 aliphatic heterocycles. The molecular formula is C24H20N4O4. The summed E-state index contributed by atoms with van der Waals surface area (Å²) in [5.41, 5.74) is 4.42. The Morgan fingerprint density at radius 2 is 2.03 bits per heavy atom. The summed E-state index contributed by atoms with van der Waals surface area (Å²) in [7, 11) is 0. The highest BCUT2D eigenvalue weighted by molar-refractivity contribution is 6.05. The molecule has 0 bridgehead atoms. The van der Waals surface area contributed by atoms with E-state index in [0.717, 1.165) is 28.1 Å². The number of aromatic nitrogens is 3. The van der Waals surface area contributed by atoms with Gasteiger partial charge in [-0.3, -0.25) is 4.79 Å². The molecule has 0 atom stereocenters. The van der Waals surface area contributed by atoms with Crippen LogP contribution in [-0.2, 0) is 6.61 Å². The molecule has 5 aromatic rings. The van der Waals surface area contributed by atoms with Gasteiger partial charge in [-0.1, -0.05) is 11.2 Å². The summed E-state index contributed by atoms with van der Waals surface area (Å²) >= 11 is 0. The third kappa shape index (κ3) is 3.85. The van der Waals surface area contributed by atoms with Gasteiger partial charge in [-0.25, -0.2) is 4.98 Å². The van der Waals surface area contributed by atoms with Gasteiger partial charge < -0.3 is 24.0 Å². The fraction of sp³-hybridized carbons (Fsp3) is 0.125. The predicted octanol–water partition coefficient (Wildman–Crippen LogP) is 5.26. The summed E-state index contributed by atoms with van der Waals surface area (Å²) in [6.45, 7) is 4.03. The van der Waals surface area contributed by atoms with Crippen molar-refractivity contribution >= 4 is 22.6 Å². The first-order chi connectivity index (χ1) is 15.6. The summed E-state index contributed by atoms with van der Waals surface area (Å²) in [5, 5.41) is 6.85. The van der Waals surface area contributed by atoms with Crippen molar-refractivity contribution in [3.8, 4) is 17.3 Å². The molecule has 3 heterocycles. The molecule has 8 nitrogen and oxygen atoms in total. The summed E-state index contributed by atoms with van der Waals surface area (Å²) < 4.78 is 16.4. The highest BCUT2D eigenvalue weighted by atomic mass is 16.5. The van der Waals surface area contributed by atoms with E-state index in [1.807, 2.05) is 44.2 Å². The molecule has 0 radical (unpaired) electrons. The Morgan fingerprint density at radius 1 is 1.12 bits per heavy atom. The Hall–Kier alpha value is -4.33. The van der Waals surface area contributed by atoms with Gasteiger partial charge in [0.1, 0.15) is 18.1 Å². The topological polar surface area (TPSA) is 106 Å². The van der Waals surface area contributed by atoms with E-state index >= 15 is 0 Å². The van der Waals surface area contributed by atoms with Gasteiger partial charge >= 0.3 is 0 Å². The standard InChI is InChI=1S/C24H20N4O4/c1-14-19(15(2)32-28-14)13-31-18-6-3-5-16(11-18)24(29)25-17-8-9-20-21(12-17)27-23(26-20)22-7-4-10-30-22/h3-12H,13H2,1-2H3,(H,25,29)(H,26,27). The lowest BCUT2D eigenvalue weighted by atomic mass is 10.2. The number of aromatic amines is 1. The maximum absolute atomic E-state index is 12.8. The van der Waals surface area contributed by atoms with Crippen LogP contribution in [0.15, 0.2) is 69.8 Å². The number of furan rings is 1. The fourth-order valence-electron chi connectivity index (χ4n) is 3.41. The van der Waals surface area contributed by atoms with Crippen molar-refractivity contribution < 1.29 is 18.5 Å². The Bertz CT molecular complexity index is 1380. The average Bonchev–Trinajstić information content (AvgIpc) is 3.53. The van der Waals surface area contributed by atoms with E-state index in [9.17, 15) is 4.79 Å². The van der Waals surface area contributed by atoms with Crippen LogP contribution >= 0.6 is 0 Å². The van der Waals surface area contributed by atoms with Crippen LogP contribution in [0.25, 0.3) is 22.6 Å². The number of aryl methyl sites for hydroxylation is 2. The molecule has 1 amide bonds. The number of hydrogen-bond acceptors (Lipinski definition) is 6. The molecule has 5 rings (SSSR count). The van der Waals surface area contributed by atoms with Crippen molar-refractivity contribution in [1.82, 2.24) is 15.1 Å². The zero-order valence-corrected chi connectivity index (χ0v) is 17.5. The van der Waals surface area contributed by atoms with Crippen molar-refractivity contribution in [2.75, 3.05) is 5.32 Å². The second-order valence-electron chi connectivity index (χ2n) is 7.37. The van der Waals surface area contributed by atoms with Gasteiger partial charge in [0, 0.05) is 11.3 Å². The molecule has 0 aliphatic carbocycles. The molecule has 0 aliphatic rings. The van der Waals surface area contributed by atoms with Crippen LogP contribution in [0.1, 0.15) is 27.4 Å². The quantitative estimate of drug-likeness (QED) is 0.382. The van der Waals surface area contributed by atoms with E-state index in [-0.39, 0.29) is 5.91 Å². The van der Waals surface area contributed by atoms with Crippen LogP contribution in [0.4, 0.5) is 5.69 Å². The maximum Gasteiger partial charge on any atom is 0.255 e. The van der Waals surface area contributed by atoms with Gasteiger partial charge in [0.2, 0.25) is 0 Å². The minimum Gasteiger partial charge on any atom is -0.489 e. The van der Waals surface area contributed by atoms with Gasteiger partial charge in [0.05, 0.1) is 28.6 Å². The minimum absolute atomic E-state index is 0.238. The number of carbonyl (C=O) groups is 1. The van der Waals surface area contributed by atoms with Crippen LogP contribution in [0.5, 0.6) is 5.75 Å². The molecule has 0 saturated carbocycles. The number of carbonyl (C=O) groups excluding carboxylic acids is 1. The van der Waals surface area contributed by atoms with Crippen LogP contribution in [0.3, 0.4) is 0 Å². The second-order valence-corrected chi connectivity index (χ2v) is 7.37. The number of hydrogen-bond donors (Lipinski definition) is 2. The van der Waals surface area contributed by atoms with Crippen molar-refractivity contribution in [3.05, 3.63) is 83.4 Å². The number of nitrogens with one attached hydrogen (secondary N) is 2. The average molecular weight is 428 g/mol. The van der Waals surface area contributed by atoms with Crippen molar-refractivity contribution in [1.29, 1.82) is 0 Å². The molecule has 3 aromatic heterocycles. The van der Waals surface area contributed by atoms with Gasteiger partial charge in [-0.05, 0) is 62.4 Å². The van der Waals surface area contributed by atoms with Crippen LogP contribution in [-0.4, -0.2) is 21.0 Å². The Balaban J connectivity index is 1.30. The van der Waals surface area contributed by atoms with Gasteiger partial charge in [-0.15, -0.1) is 0 Å². The smallest absolute Gasteiger partial charge is 0.255 e. The minimum atomic E-state index is -0.238. The second kappa shape index (κ2) is 8.07. The molecule has 32 heavy (non-hydrogen) atoms. The van der Waals surface area contributed by atoms with E-state index in [2.05, 4.69) is 20.4 Å². The molecule has 2 aromatic carbocycles. The van der Waals surface area contributed by atoms with Gasteiger partial charge in [0.25, 0.3) is 5.91 Å². The van der Waals surface area contributed by atoms with E-state index in [1.54, 1.807) is 30.5 Å². The highest BCUT2D eigenvalue weighted by Gasteiger charge is 2.13. The Kier molecular flexibility index (Phi) is 4.95. The van der Waals surface area contributed by atoms with Crippen molar-refractivity contribution in [2.24, 2.45) is 0 Å². The molecule has 0 saturated heterocycles. The third-order valence-corrected chi connectivity index (χ3v) is 5.15. The molecule has 160 valence electrons. The lowest BCUT2D eigenvalue weighted by Gasteiger charge is -2.09. The van der Waals surface area contributed by atoms with Crippen LogP contribution in [0, 0.1) is 13.8 Å². The number of anilines is 1. The largest absolute Gasteiger partial charge is 0.489 e. The number of benzene rings is 2. The Labute approximate surface area is 183 Å². The normalized spacial score (nSPS) is 11.1. The van der Waals surface area contributed by atoms with E-state index < -0.39 is 0 Å². The van der Waals surface area contributed by atoms with E-state index in [0.29, 0.717) is 35.2 Å². The third-order valence-electron chi connectivity index (χ3n) is 5.15. The summed E-state index contributed by atoms with van der Waals surface area (Å²) in [5.74, 6) is 2.36. The number of rotatable bonds is 6. The molecule has 2 N–H and O–H groups in total. The highest BCUT2D eigenvalue weighted by Crippen LogP contribution is 2.24. The fourth-order valence-corrected chi connectivity index (χ4v) is 3.41. The van der Waals surface area contributed by atoms with Gasteiger partial charge in [-0.2, -0.15) is 0 Å². The van der Waals surface area contributed by atoms with Crippen LogP contribution < -0.4 is 10.1 Å². The number of fused-ring (bicyclic) bond motifs is 1. The molecule has 0 spiro atoms. The number of imidazole rings is 1. The maximum atomic E-state index is 12.8. The number of ether oxygens (including phenoxy) is 1. The van der Waals surface area contributed by atoms with Crippen molar-refractivity contribution in [3.63, 3.8) is 0 Å². The lowest BCUT2D eigenvalue weighted by Crippen LogP contribution is -2.12. The number of amides is 1. The number of H-pyrrole nitrogens is 1.